The molecule has 0 N–H and O–H groups in total. The largest absolute Gasteiger partial charge is 0.494 e. The van der Waals surface area contributed by atoms with E-state index in [1.807, 2.05) is 54.6 Å². The van der Waals surface area contributed by atoms with Gasteiger partial charge in [0, 0.05) is 6.08 Å². The second kappa shape index (κ2) is 9.03. The molecule has 140 valence electrons. The van der Waals surface area contributed by atoms with Gasteiger partial charge in [-0.3, -0.25) is 4.79 Å². The van der Waals surface area contributed by atoms with Gasteiger partial charge in [-0.05, 0) is 35.8 Å². The predicted molar refractivity (Wildman–Crippen MR) is 103 cm³/mol. The van der Waals surface area contributed by atoms with Crippen molar-refractivity contribution in [3.8, 4) is 5.75 Å². The van der Waals surface area contributed by atoms with Crippen LogP contribution in [0.15, 0.2) is 60.7 Å². The summed E-state index contributed by atoms with van der Waals surface area (Å²) in [6.07, 6.45) is 4.53. The van der Waals surface area contributed by atoms with Crippen LogP contribution in [0.3, 0.4) is 0 Å². The third kappa shape index (κ3) is 4.76. The predicted octanol–water partition coefficient (Wildman–Crippen LogP) is 4.60. The molecule has 1 aliphatic heterocycles. The summed E-state index contributed by atoms with van der Waals surface area (Å²) in [6.45, 7) is 2.95. The summed E-state index contributed by atoms with van der Waals surface area (Å²) in [5.41, 5.74) is 1.71. The molecule has 0 aromatic heterocycles. The molecule has 1 heterocycles. The van der Waals surface area contributed by atoms with Crippen molar-refractivity contribution in [3.05, 3.63) is 71.8 Å². The van der Waals surface area contributed by atoms with Crippen LogP contribution in [0, 0.1) is 0 Å². The summed E-state index contributed by atoms with van der Waals surface area (Å²) < 4.78 is 10.8. The first kappa shape index (κ1) is 18.7. The Balaban J connectivity index is 1.70. The summed E-state index contributed by atoms with van der Waals surface area (Å²) in [5, 5.41) is 0. The summed E-state index contributed by atoms with van der Waals surface area (Å²) in [6, 6.07) is 16.5. The second-order valence-electron chi connectivity index (χ2n) is 6.32. The third-order valence-corrected chi connectivity index (χ3v) is 4.34. The van der Waals surface area contributed by atoms with Crippen LogP contribution in [0.1, 0.15) is 36.9 Å². The number of rotatable bonds is 7. The number of hydrogen-bond acceptors (Lipinski definition) is 4. The molecule has 0 radical (unpaired) electrons. The summed E-state index contributed by atoms with van der Waals surface area (Å²) in [7, 11) is 0. The number of carbonyl (C=O) groups is 2. The Labute approximate surface area is 159 Å². The maximum absolute atomic E-state index is 12.6. The van der Waals surface area contributed by atoms with Crippen LogP contribution in [0.2, 0.25) is 0 Å². The number of amides is 2. The van der Waals surface area contributed by atoms with Crippen molar-refractivity contribution in [2.45, 2.75) is 25.8 Å². The van der Waals surface area contributed by atoms with E-state index in [2.05, 4.69) is 6.92 Å². The average Bonchev–Trinajstić information content (AvgIpc) is 3.09. The Bertz CT molecular complexity index is 816. The Morgan fingerprint density at radius 3 is 2.81 bits per heavy atom. The van der Waals surface area contributed by atoms with Gasteiger partial charge in [-0.1, -0.05) is 55.8 Å². The zero-order valence-electron chi connectivity index (χ0n) is 15.3. The van der Waals surface area contributed by atoms with Crippen LogP contribution < -0.4 is 4.74 Å². The molecule has 0 aliphatic carbocycles. The van der Waals surface area contributed by atoms with Gasteiger partial charge in [0.1, 0.15) is 18.4 Å². The normalized spacial score (nSPS) is 16.6. The first-order valence-corrected chi connectivity index (χ1v) is 9.15. The molecule has 5 nitrogen and oxygen atoms in total. The summed E-state index contributed by atoms with van der Waals surface area (Å²) in [4.78, 5) is 25.8. The minimum atomic E-state index is -0.616. The van der Waals surface area contributed by atoms with Crippen molar-refractivity contribution in [1.82, 2.24) is 4.90 Å². The molecule has 2 amide bonds. The first-order valence-electron chi connectivity index (χ1n) is 9.15. The van der Waals surface area contributed by atoms with Crippen molar-refractivity contribution in [1.29, 1.82) is 0 Å². The smallest absolute Gasteiger partial charge is 0.417 e. The lowest BCUT2D eigenvalue weighted by atomic mass is 10.1. The standard InChI is InChI=1S/C22H23NO4/c1-2-3-14-26-19-11-7-8-17(15-19)12-13-21(24)23-20(16-27-22(23)25)18-9-5-4-6-10-18/h4-13,15,20H,2-3,14,16H2,1H3/b13-12+/t20-/m0/s1. The molecule has 2 aromatic rings. The van der Waals surface area contributed by atoms with Gasteiger partial charge >= 0.3 is 6.09 Å². The van der Waals surface area contributed by atoms with Crippen LogP contribution in [0.25, 0.3) is 6.08 Å². The van der Waals surface area contributed by atoms with E-state index in [1.165, 1.54) is 6.08 Å². The Hall–Kier alpha value is -3.08. The van der Waals surface area contributed by atoms with Gasteiger partial charge in [-0.25, -0.2) is 9.69 Å². The highest BCUT2D eigenvalue weighted by Gasteiger charge is 2.37. The fourth-order valence-electron chi connectivity index (χ4n) is 2.88. The van der Waals surface area contributed by atoms with E-state index in [-0.39, 0.29) is 6.61 Å². The number of unbranched alkanes of at least 4 members (excludes halogenated alkanes) is 1. The number of hydrogen-bond donors (Lipinski definition) is 0. The molecule has 0 saturated carbocycles. The van der Waals surface area contributed by atoms with E-state index in [1.54, 1.807) is 6.08 Å². The maximum atomic E-state index is 12.6. The van der Waals surface area contributed by atoms with Crippen LogP contribution in [0.5, 0.6) is 5.75 Å². The van der Waals surface area contributed by atoms with E-state index < -0.39 is 18.0 Å². The third-order valence-electron chi connectivity index (χ3n) is 4.34. The minimum absolute atomic E-state index is 0.170. The van der Waals surface area contributed by atoms with E-state index in [9.17, 15) is 9.59 Å². The molecule has 0 bridgehead atoms. The number of imide groups is 1. The average molecular weight is 365 g/mol. The molecule has 27 heavy (non-hydrogen) atoms. The molecule has 2 aromatic carbocycles. The topological polar surface area (TPSA) is 55.8 Å². The first-order chi connectivity index (χ1) is 13.2. The van der Waals surface area contributed by atoms with E-state index in [4.69, 9.17) is 9.47 Å². The molecule has 1 fully saturated rings. The SMILES string of the molecule is CCCCOc1cccc(/C=C/C(=O)N2C(=O)OC[C@H]2c2ccccc2)c1. The Kier molecular flexibility index (Phi) is 6.26. The molecule has 0 unspecified atom stereocenters. The molecular weight excluding hydrogens is 342 g/mol. The lowest BCUT2D eigenvalue weighted by Crippen LogP contribution is -2.32. The zero-order chi connectivity index (χ0) is 19.1. The maximum Gasteiger partial charge on any atom is 0.417 e. The van der Waals surface area contributed by atoms with Crippen molar-refractivity contribution < 1.29 is 19.1 Å². The molecule has 1 aliphatic rings. The zero-order valence-corrected chi connectivity index (χ0v) is 15.3. The van der Waals surface area contributed by atoms with Crippen molar-refractivity contribution in [3.63, 3.8) is 0 Å². The lowest BCUT2D eigenvalue weighted by molar-refractivity contribution is -0.124. The Morgan fingerprint density at radius 2 is 2.04 bits per heavy atom. The molecular formula is C22H23NO4. The van der Waals surface area contributed by atoms with Gasteiger partial charge in [0.2, 0.25) is 0 Å². The fraction of sp³-hybridized carbons (Fsp3) is 0.273. The number of carbonyl (C=O) groups excluding carboxylic acids is 2. The van der Waals surface area contributed by atoms with Crippen LogP contribution in [-0.2, 0) is 9.53 Å². The van der Waals surface area contributed by atoms with Crippen molar-refractivity contribution in [2.24, 2.45) is 0 Å². The molecule has 0 spiro atoms. The van der Waals surface area contributed by atoms with Crippen LogP contribution >= 0.6 is 0 Å². The highest BCUT2D eigenvalue weighted by atomic mass is 16.6. The quantitative estimate of drug-likeness (QED) is 0.532. The second-order valence-corrected chi connectivity index (χ2v) is 6.32. The highest BCUT2D eigenvalue weighted by molar-refractivity contribution is 6.02. The van der Waals surface area contributed by atoms with Gasteiger partial charge in [0.05, 0.1) is 6.61 Å². The van der Waals surface area contributed by atoms with Crippen molar-refractivity contribution >= 4 is 18.1 Å². The van der Waals surface area contributed by atoms with Crippen molar-refractivity contribution in [2.75, 3.05) is 13.2 Å². The van der Waals surface area contributed by atoms with E-state index in [0.29, 0.717) is 6.61 Å². The van der Waals surface area contributed by atoms with Crippen LogP contribution in [-0.4, -0.2) is 30.1 Å². The van der Waals surface area contributed by atoms with Gasteiger partial charge in [0.25, 0.3) is 5.91 Å². The van der Waals surface area contributed by atoms with Gasteiger partial charge in [-0.15, -0.1) is 0 Å². The van der Waals surface area contributed by atoms with Gasteiger partial charge in [0.15, 0.2) is 0 Å². The summed E-state index contributed by atoms with van der Waals surface area (Å²) in [5.74, 6) is 0.365. The molecule has 1 saturated heterocycles. The number of benzene rings is 2. The molecule has 5 heteroatoms. The molecule has 3 rings (SSSR count). The molecule has 1 atom stereocenters. The van der Waals surface area contributed by atoms with E-state index >= 15 is 0 Å². The number of ether oxygens (including phenoxy) is 2. The fourth-order valence-corrected chi connectivity index (χ4v) is 2.88. The van der Waals surface area contributed by atoms with Gasteiger partial charge in [-0.2, -0.15) is 0 Å². The van der Waals surface area contributed by atoms with E-state index in [0.717, 1.165) is 34.6 Å². The number of nitrogens with zero attached hydrogens (tertiary/aromatic N) is 1. The summed E-state index contributed by atoms with van der Waals surface area (Å²) >= 11 is 0. The highest BCUT2D eigenvalue weighted by Crippen LogP contribution is 2.28. The van der Waals surface area contributed by atoms with Crippen LogP contribution in [0.4, 0.5) is 4.79 Å². The lowest BCUT2D eigenvalue weighted by Gasteiger charge is -2.18. The minimum Gasteiger partial charge on any atom is -0.494 e. The van der Waals surface area contributed by atoms with Gasteiger partial charge < -0.3 is 9.47 Å². The monoisotopic (exact) mass is 365 g/mol. The number of cyclic esters (lactones) is 1. The Morgan fingerprint density at radius 1 is 1.22 bits per heavy atom.